The van der Waals surface area contributed by atoms with Crippen molar-refractivity contribution in [2.75, 3.05) is 20.1 Å². The monoisotopic (exact) mass is 272 g/mol. The van der Waals surface area contributed by atoms with Gasteiger partial charge in [0, 0.05) is 37.5 Å². The highest BCUT2D eigenvalue weighted by atomic mass is 19.1. The maximum atomic E-state index is 13.7. The van der Waals surface area contributed by atoms with Gasteiger partial charge < -0.3 is 14.2 Å². The number of aromatic nitrogens is 1. The average Bonchev–Trinajstić information content (AvgIpc) is 3.09. The van der Waals surface area contributed by atoms with Gasteiger partial charge in [0.2, 0.25) is 0 Å². The molecule has 2 unspecified atom stereocenters. The van der Waals surface area contributed by atoms with Crippen LogP contribution in [0.15, 0.2) is 42.7 Å². The molecule has 3 nitrogen and oxygen atoms in total. The van der Waals surface area contributed by atoms with E-state index < -0.39 is 0 Å². The van der Waals surface area contributed by atoms with Gasteiger partial charge in [-0.05, 0) is 37.4 Å². The first kappa shape index (κ1) is 12.0. The lowest BCUT2D eigenvalue weighted by atomic mass is 9.90. The van der Waals surface area contributed by atoms with Gasteiger partial charge in [-0.3, -0.25) is 0 Å². The zero-order valence-corrected chi connectivity index (χ0v) is 11.4. The number of hydrogen-bond acceptors (Lipinski definition) is 2. The number of fused-ring (bicyclic) bond motifs is 1. The molecule has 2 atom stereocenters. The van der Waals surface area contributed by atoms with Gasteiger partial charge >= 0.3 is 0 Å². The number of ether oxygens (including phenoxy) is 1. The van der Waals surface area contributed by atoms with Crippen LogP contribution in [0, 0.1) is 5.82 Å². The van der Waals surface area contributed by atoms with Gasteiger partial charge in [0.1, 0.15) is 23.2 Å². The second-order valence-corrected chi connectivity index (χ2v) is 5.87. The summed E-state index contributed by atoms with van der Waals surface area (Å²) in [6.45, 7) is 1.88. The standard InChI is InChI=1S/C16H17FN2O/c1-18-9-6-16(11-18)15(19-7-2-3-8-19)13-10-12(17)4-5-14(13)20-16/h2-5,7-8,10,15H,6,9,11H2,1H3. The van der Waals surface area contributed by atoms with Crippen LogP contribution in [0.2, 0.25) is 0 Å². The molecule has 0 radical (unpaired) electrons. The van der Waals surface area contributed by atoms with E-state index in [1.165, 1.54) is 6.07 Å². The highest BCUT2D eigenvalue weighted by Gasteiger charge is 2.52. The van der Waals surface area contributed by atoms with Crippen molar-refractivity contribution in [3.8, 4) is 5.75 Å². The lowest BCUT2D eigenvalue weighted by Crippen LogP contribution is -2.43. The van der Waals surface area contributed by atoms with E-state index in [1.807, 2.05) is 24.5 Å². The largest absolute Gasteiger partial charge is 0.483 e. The van der Waals surface area contributed by atoms with Crippen LogP contribution < -0.4 is 4.74 Å². The number of nitrogens with zero attached hydrogens (tertiary/aromatic N) is 2. The van der Waals surface area contributed by atoms with Crippen molar-refractivity contribution in [2.45, 2.75) is 18.1 Å². The molecule has 20 heavy (non-hydrogen) atoms. The van der Waals surface area contributed by atoms with E-state index in [4.69, 9.17) is 4.74 Å². The Balaban J connectivity index is 1.87. The van der Waals surface area contributed by atoms with E-state index in [2.05, 4.69) is 16.5 Å². The van der Waals surface area contributed by atoms with Crippen LogP contribution in [0.3, 0.4) is 0 Å². The van der Waals surface area contributed by atoms with Crippen LogP contribution in [0.5, 0.6) is 5.75 Å². The van der Waals surface area contributed by atoms with E-state index in [-0.39, 0.29) is 17.5 Å². The summed E-state index contributed by atoms with van der Waals surface area (Å²) in [7, 11) is 2.11. The third kappa shape index (κ3) is 1.61. The normalized spacial score (nSPS) is 28.8. The Morgan fingerprint density at radius 1 is 1.30 bits per heavy atom. The third-order valence-electron chi connectivity index (χ3n) is 4.46. The van der Waals surface area contributed by atoms with Crippen molar-refractivity contribution >= 4 is 0 Å². The molecule has 0 N–H and O–H groups in total. The van der Waals surface area contributed by atoms with Gasteiger partial charge in [0.25, 0.3) is 0 Å². The number of halogens is 1. The maximum absolute atomic E-state index is 13.7. The molecular weight excluding hydrogens is 255 g/mol. The smallest absolute Gasteiger partial charge is 0.148 e. The first-order chi connectivity index (χ1) is 9.68. The molecule has 104 valence electrons. The summed E-state index contributed by atoms with van der Waals surface area (Å²) in [4.78, 5) is 2.28. The van der Waals surface area contributed by atoms with Crippen LogP contribution in [0.4, 0.5) is 4.39 Å². The van der Waals surface area contributed by atoms with E-state index in [0.29, 0.717) is 0 Å². The highest BCUT2D eigenvalue weighted by Crippen LogP contribution is 2.49. The van der Waals surface area contributed by atoms with Crippen LogP contribution in [0.25, 0.3) is 0 Å². The molecule has 2 aliphatic heterocycles. The van der Waals surface area contributed by atoms with Crippen molar-refractivity contribution in [1.82, 2.24) is 9.47 Å². The molecular formula is C16H17FN2O. The van der Waals surface area contributed by atoms with Gasteiger partial charge in [-0.15, -0.1) is 0 Å². The second-order valence-electron chi connectivity index (χ2n) is 5.87. The number of hydrogen-bond donors (Lipinski definition) is 0. The first-order valence-corrected chi connectivity index (χ1v) is 6.97. The average molecular weight is 272 g/mol. The van der Waals surface area contributed by atoms with Crippen molar-refractivity contribution in [3.05, 3.63) is 54.1 Å². The molecule has 0 amide bonds. The summed E-state index contributed by atoms with van der Waals surface area (Å²) in [5.74, 6) is 0.619. The van der Waals surface area contributed by atoms with Gasteiger partial charge in [-0.25, -0.2) is 4.39 Å². The van der Waals surface area contributed by atoms with E-state index in [1.54, 1.807) is 12.1 Å². The molecule has 3 heterocycles. The minimum Gasteiger partial charge on any atom is -0.483 e. The summed E-state index contributed by atoms with van der Waals surface area (Å²) in [6, 6.07) is 8.91. The predicted molar refractivity (Wildman–Crippen MR) is 74.4 cm³/mol. The molecule has 0 aliphatic carbocycles. The van der Waals surface area contributed by atoms with E-state index in [0.717, 1.165) is 30.8 Å². The minimum absolute atomic E-state index is 0.0492. The Morgan fingerprint density at radius 3 is 2.80 bits per heavy atom. The molecule has 2 aromatic rings. The van der Waals surface area contributed by atoms with Gasteiger partial charge in [0.15, 0.2) is 0 Å². The zero-order valence-electron chi connectivity index (χ0n) is 11.4. The van der Waals surface area contributed by atoms with Gasteiger partial charge in [0.05, 0.1) is 0 Å². The SMILES string of the molecule is CN1CCC2(C1)Oc1ccc(F)cc1C2n1cccc1. The van der Waals surface area contributed by atoms with Crippen molar-refractivity contribution in [2.24, 2.45) is 0 Å². The molecule has 2 aliphatic rings. The molecule has 1 aromatic carbocycles. The van der Waals surface area contributed by atoms with E-state index >= 15 is 0 Å². The minimum atomic E-state index is -0.274. The molecule has 4 rings (SSSR count). The summed E-state index contributed by atoms with van der Waals surface area (Å²) in [6.07, 6.45) is 5.03. The summed E-state index contributed by atoms with van der Waals surface area (Å²) < 4.78 is 22.1. The van der Waals surface area contributed by atoms with E-state index in [9.17, 15) is 4.39 Å². The second kappa shape index (κ2) is 4.09. The highest BCUT2D eigenvalue weighted by molar-refractivity contribution is 5.44. The molecule has 1 aromatic heterocycles. The van der Waals surface area contributed by atoms with Gasteiger partial charge in [-0.1, -0.05) is 0 Å². The fourth-order valence-corrected chi connectivity index (χ4v) is 3.64. The summed E-state index contributed by atoms with van der Waals surface area (Å²) >= 11 is 0. The molecule has 1 saturated heterocycles. The number of rotatable bonds is 1. The number of benzene rings is 1. The quantitative estimate of drug-likeness (QED) is 0.794. The van der Waals surface area contributed by atoms with Gasteiger partial charge in [-0.2, -0.15) is 0 Å². The molecule has 1 spiro atoms. The molecule has 1 fully saturated rings. The Labute approximate surface area is 117 Å². The van der Waals surface area contributed by atoms with Crippen LogP contribution in [-0.2, 0) is 0 Å². The van der Waals surface area contributed by atoms with Crippen LogP contribution >= 0.6 is 0 Å². The Bertz CT molecular complexity index is 640. The molecule has 0 bridgehead atoms. The first-order valence-electron chi connectivity index (χ1n) is 6.97. The Morgan fingerprint density at radius 2 is 2.10 bits per heavy atom. The molecule has 0 saturated carbocycles. The Hall–Kier alpha value is -1.81. The fraction of sp³-hybridized carbons (Fsp3) is 0.375. The lowest BCUT2D eigenvalue weighted by Gasteiger charge is -2.31. The Kier molecular flexibility index (Phi) is 2.45. The van der Waals surface area contributed by atoms with Crippen LogP contribution in [0.1, 0.15) is 18.0 Å². The lowest BCUT2D eigenvalue weighted by molar-refractivity contribution is 0.0695. The number of likely N-dealkylation sites (N-methyl/N-ethyl adjacent to an activating group) is 1. The predicted octanol–water partition coefficient (Wildman–Crippen LogP) is 2.68. The van der Waals surface area contributed by atoms with Crippen molar-refractivity contribution < 1.29 is 9.13 Å². The third-order valence-corrected chi connectivity index (χ3v) is 4.46. The van der Waals surface area contributed by atoms with Crippen LogP contribution in [-0.4, -0.2) is 35.2 Å². The topological polar surface area (TPSA) is 17.4 Å². The number of likely N-dealkylation sites (tertiary alicyclic amines) is 1. The summed E-state index contributed by atoms with van der Waals surface area (Å²) in [5, 5.41) is 0. The zero-order chi connectivity index (χ0) is 13.7. The summed E-state index contributed by atoms with van der Waals surface area (Å²) in [5.41, 5.74) is 0.681. The fourth-order valence-electron chi connectivity index (χ4n) is 3.64. The van der Waals surface area contributed by atoms with Crippen molar-refractivity contribution in [3.63, 3.8) is 0 Å². The molecule has 4 heteroatoms. The van der Waals surface area contributed by atoms with Crippen molar-refractivity contribution in [1.29, 1.82) is 0 Å². The maximum Gasteiger partial charge on any atom is 0.148 e.